The molecule has 3 atom stereocenters. The summed E-state index contributed by atoms with van der Waals surface area (Å²) >= 11 is 0. The Morgan fingerprint density at radius 1 is 1.50 bits per heavy atom. The molecule has 5 heteroatoms. The van der Waals surface area contributed by atoms with E-state index in [1.54, 1.807) is 6.92 Å². The quantitative estimate of drug-likeness (QED) is 0.535. The maximum atomic E-state index is 11.6. The van der Waals surface area contributed by atoms with Crippen LogP contribution in [0.25, 0.3) is 0 Å². The van der Waals surface area contributed by atoms with Gasteiger partial charge in [-0.1, -0.05) is 6.92 Å². The Morgan fingerprint density at radius 3 is 2.57 bits per heavy atom. The lowest BCUT2D eigenvalue weighted by Gasteiger charge is -2.16. The SMILES string of the molecule is CC1CNCC1C(=O)N[C@H](C)C(N)=O. The van der Waals surface area contributed by atoms with E-state index in [2.05, 4.69) is 10.6 Å². The third-order valence-electron chi connectivity index (χ3n) is 2.64. The highest BCUT2D eigenvalue weighted by molar-refractivity contribution is 5.87. The van der Waals surface area contributed by atoms with Crippen molar-refractivity contribution < 1.29 is 9.59 Å². The number of carbonyl (C=O) groups is 2. The standard InChI is InChI=1S/C9H17N3O2/c1-5-3-11-4-7(5)9(14)12-6(2)8(10)13/h5-7,11H,3-4H2,1-2H3,(H2,10,13)(H,12,14)/t5?,6-,7?/m1/s1. The van der Waals surface area contributed by atoms with Gasteiger partial charge in [-0.05, 0) is 19.4 Å². The zero-order chi connectivity index (χ0) is 10.7. The van der Waals surface area contributed by atoms with Crippen molar-refractivity contribution in [2.75, 3.05) is 13.1 Å². The average Bonchev–Trinajstić information content (AvgIpc) is 2.51. The van der Waals surface area contributed by atoms with Gasteiger partial charge >= 0.3 is 0 Å². The minimum absolute atomic E-state index is 0.0446. The van der Waals surface area contributed by atoms with Crippen molar-refractivity contribution in [2.45, 2.75) is 19.9 Å². The monoisotopic (exact) mass is 199 g/mol. The Balaban J connectivity index is 2.45. The van der Waals surface area contributed by atoms with E-state index in [4.69, 9.17) is 5.73 Å². The number of primary amides is 1. The molecule has 80 valence electrons. The number of hydrogen-bond acceptors (Lipinski definition) is 3. The lowest BCUT2D eigenvalue weighted by molar-refractivity contribution is -0.129. The van der Waals surface area contributed by atoms with Gasteiger partial charge in [0.15, 0.2) is 0 Å². The van der Waals surface area contributed by atoms with E-state index in [9.17, 15) is 9.59 Å². The van der Waals surface area contributed by atoms with Crippen LogP contribution in [0.3, 0.4) is 0 Å². The average molecular weight is 199 g/mol. The smallest absolute Gasteiger partial charge is 0.239 e. The van der Waals surface area contributed by atoms with Crippen molar-refractivity contribution in [3.05, 3.63) is 0 Å². The Kier molecular flexibility index (Phi) is 3.46. The number of amides is 2. The lowest BCUT2D eigenvalue weighted by Crippen LogP contribution is -2.45. The topological polar surface area (TPSA) is 84.2 Å². The minimum Gasteiger partial charge on any atom is -0.368 e. The first kappa shape index (κ1) is 11.0. The summed E-state index contributed by atoms with van der Waals surface area (Å²) < 4.78 is 0. The van der Waals surface area contributed by atoms with Crippen molar-refractivity contribution in [3.63, 3.8) is 0 Å². The number of hydrogen-bond donors (Lipinski definition) is 3. The zero-order valence-corrected chi connectivity index (χ0v) is 8.54. The molecule has 0 aromatic carbocycles. The fraction of sp³-hybridized carbons (Fsp3) is 0.778. The molecule has 0 aliphatic carbocycles. The van der Waals surface area contributed by atoms with E-state index in [0.717, 1.165) is 6.54 Å². The minimum atomic E-state index is -0.588. The van der Waals surface area contributed by atoms with Crippen LogP contribution in [0.1, 0.15) is 13.8 Å². The highest BCUT2D eigenvalue weighted by atomic mass is 16.2. The largest absolute Gasteiger partial charge is 0.368 e. The Labute approximate surface area is 83.4 Å². The summed E-state index contributed by atoms with van der Waals surface area (Å²) in [6, 6.07) is -0.588. The molecule has 2 amide bonds. The van der Waals surface area contributed by atoms with E-state index in [-0.39, 0.29) is 11.8 Å². The van der Waals surface area contributed by atoms with Gasteiger partial charge in [0.05, 0.1) is 5.92 Å². The molecule has 0 radical (unpaired) electrons. The van der Waals surface area contributed by atoms with E-state index >= 15 is 0 Å². The second kappa shape index (κ2) is 4.41. The molecular formula is C9H17N3O2. The maximum Gasteiger partial charge on any atom is 0.239 e. The molecule has 1 rings (SSSR count). The molecule has 1 fully saturated rings. The van der Waals surface area contributed by atoms with Gasteiger partial charge in [0.1, 0.15) is 6.04 Å². The van der Waals surface area contributed by atoms with Crippen LogP contribution in [-0.2, 0) is 9.59 Å². The predicted octanol–water partition coefficient (Wildman–Crippen LogP) is -1.17. The van der Waals surface area contributed by atoms with E-state index in [0.29, 0.717) is 12.5 Å². The van der Waals surface area contributed by atoms with E-state index in [1.165, 1.54) is 0 Å². The van der Waals surface area contributed by atoms with Crippen LogP contribution in [0.15, 0.2) is 0 Å². The summed E-state index contributed by atoms with van der Waals surface area (Å²) in [6.45, 7) is 5.13. The van der Waals surface area contributed by atoms with Crippen molar-refractivity contribution >= 4 is 11.8 Å². The van der Waals surface area contributed by atoms with Crippen molar-refractivity contribution in [2.24, 2.45) is 17.6 Å². The second-order valence-electron chi connectivity index (χ2n) is 3.87. The van der Waals surface area contributed by atoms with Gasteiger partial charge in [-0.3, -0.25) is 9.59 Å². The third-order valence-corrected chi connectivity index (χ3v) is 2.64. The van der Waals surface area contributed by atoms with Crippen molar-refractivity contribution in [1.29, 1.82) is 0 Å². The summed E-state index contributed by atoms with van der Waals surface area (Å²) in [5, 5.41) is 5.73. The molecule has 0 bridgehead atoms. The Morgan fingerprint density at radius 2 is 2.14 bits per heavy atom. The Hall–Kier alpha value is -1.10. The molecule has 1 aliphatic rings. The molecule has 1 saturated heterocycles. The molecule has 0 saturated carbocycles. The molecule has 0 aromatic heterocycles. The van der Waals surface area contributed by atoms with Crippen molar-refractivity contribution in [3.8, 4) is 0 Å². The molecule has 14 heavy (non-hydrogen) atoms. The number of nitrogens with one attached hydrogen (secondary N) is 2. The first-order chi connectivity index (χ1) is 6.52. The molecule has 5 nitrogen and oxygen atoms in total. The van der Waals surface area contributed by atoms with E-state index < -0.39 is 11.9 Å². The zero-order valence-electron chi connectivity index (χ0n) is 8.54. The predicted molar refractivity (Wildman–Crippen MR) is 52.3 cm³/mol. The van der Waals surface area contributed by atoms with Crippen LogP contribution >= 0.6 is 0 Å². The van der Waals surface area contributed by atoms with Crippen LogP contribution in [0.2, 0.25) is 0 Å². The molecule has 0 aromatic rings. The maximum absolute atomic E-state index is 11.6. The van der Waals surface area contributed by atoms with Gasteiger partial charge < -0.3 is 16.4 Å². The normalized spacial score (nSPS) is 28.4. The second-order valence-corrected chi connectivity index (χ2v) is 3.87. The first-order valence-corrected chi connectivity index (χ1v) is 4.82. The molecule has 4 N–H and O–H groups in total. The molecule has 2 unspecified atom stereocenters. The lowest BCUT2D eigenvalue weighted by atomic mass is 9.97. The van der Waals surface area contributed by atoms with Crippen LogP contribution in [0, 0.1) is 11.8 Å². The van der Waals surface area contributed by atoms with Gasteiger partial charge in [-0.2, -0.15) is 0 Å². The first-order valence-electron chi connectivity index (χ1n) is 4.82. The van der Waals surface area contributed by atoms with Crippen LogP contribution in [-0.4, -0.2) is 30.9 Å². The number of carbonyl (C=O) groups excluding carboxylic acids is 2. The highest BCUT2D eigenvalue weighted by Crippen LogP contribution is 2.15. The van der Waals surface area contributed by atoms with E-state index in [1.807, 2.05) is 6.92 Å². The molecular weight excluding hydrogens is 182 g/mol. The number of rotatable bonds is 3. The summed E-state index contributed by atoms with van der Waals surface area (Å²) in [4.78, 5) is 22.3. The van der Waals surface area contributed by atoms with Crippen molar-refractivity contribution in [1.82, 2.24) is 10.6 Å². The fourth-order valence-corrected chi connectivity index (χ4v) is 1.55. The van der Waals surface area contributed by atoms with Crippen LogP contribution in [0.4, 0.5) is 0 Å². The van der Waals surface area contributed by atoms with Gasteiger partial charge in [0.25, 0.3) is 0 Å². The van der Waals surface area contributed by atoms with Crippen LogP contribution < -0.4 is 16.4 Å². The van der Waals surface area contributed by atoms with Gasteiger partial charge in [0, 0.05) is 6.54 Å². The number of nitrogens with two attached hydrogens (primary N) is 1. The third kappa shape index (κ3) is 2.45. The highest BCUT2D eigenvalue weighted by Gasteiger charge is 2.30. The molecule has 1 aliphatic heterocycles. The molecule has 0 spiro atoms. The Bertz CT molecular complexity index is 242. The fourth-order valence-electron chi connectivity index (χ4n) is 1.55. The summed E-state index contributed by atoms with van der Waals surface area (Å²) in [7, 11) is 0. The summed E-state index contributed by atoms with van der Waals surface area (Å²) in [5.41, 5.74) is 5.05. The molecule has 1 heterocycles. The van der Waals surface area contributed by atoms with Crippen LogP contribution in [0.5, 0.6) is 0 Å². The van der Waals surface area contributed by atoms with Gasteiger partial charge in [0.2, 0.25) is 11.8 Å². The van der Waals surface area contributed by atoms with Gasteiger partial charge in [-0.25, -0.2) is 0 Å². The van der Waals surface area contributed by atoms with Gasteiger partial charge in [-0.15, -0.1) is 0 Å². The summed E-state index contributed by atoms with van der Waals surface area (Å²) in [6.07, 6.45) is 0. The summed E-state index contributed by atoms with van der Waals surface area (Å²) in [5.74, 6) is -0.322.